The predicted octanol–water partition coefficient (Wildman–Crippen LogP) is 6.60. The summed E-state index contributed by atoms with van der Waals surface area (Å²) >= 11 is 0. The van der Waals surface area contributed by atoms with Crippen LogP contribution >= 0.6 is 0 Å². The fraction of sp³-hybridized carbons (Fsp3) is 0.474. The Balaban J connectivity index is 1.28. The Morgan fingerprint density at radius 2 is 1.69 bits per heavy atom. The molecule has 0 unspecified atom stereocenters. The molecular weight excluding hydrogens is 666 g/mol. The van der Waals surface area contributed by atoms with Crippen molar-refractivity contribution >= 4 is 52.1 Å². The average Bonchev–Trinajstić information content (AvgIpc) is 3.75. The first kappa shape index (κ1) is 35.2. The zero-order valence-corrected chi connectivity index (χ0v) is 30.9. The van der Waals surface area contributed by atoms with Crippen molar-refractivity contribution in [3.63, 3.8) is 0 Å². The Morgan fingerprint density at radius 3 is 2.42 bits per heavy atom. The normalized spacial score (nSPS) is 20.2. The molecular formula is C38H45N7O7. The van der Waals surface area contributed by atoms with Gasteiger partial charge in [-0.25, -0.2) is 24.5 Å². The molecule has 0 radical (unpaired) electrons. The smallest absolute Gasteiger partial charge is 0.435 e. The van der Waals surface area contributed by atoms with E-state index in [4.69, 9.17) is 24.0 Å². The van der Waals surface area contributed by atoms with Gasteiger partial charge in [-0.1, -0.05) is 6.07 Å². The molecule has 0 bridgehead atoms. The molecule has 1 saturated carbocycles. The van der Waals surface area contributed by atoms with E-state index in [9.17, 15) is 14.4 Å². The number of carbonyl (C=O) groups is 3. The van der Waals surface area contributed by atoms with Crippen LogP contribution in [0.3, 0.4) is 0 Å². The summed E-state index contributed by atoms with van der Waals surface area (Å²) < 4.78 is 23.8. The third-order valence-corrected chi connectivity index (χ3v) is 9.54. The molecule has 1 N–H and O–H groups in total. The number of fused-ring (bicyclic) bond motifs is 3. The first-order chi connectivity index (χ1) is 24.6. The van der Waals surface area contributed by atoms with Crippen LogP contribution in [0.25, 0.3) is 10.9 Å². The monoisotopic (exact) mass is 711 g/mol. The van der Waals surface area contributed by atoms with Crippen LogP contribution in [0.15, 0.2) is 42.7 Å². The Labute approximate surface area is 302 Å². The van der Waals surface area contributed by atoms with Gasteiger partial charge in [0.05, 0.1) is 30.3 Å². The minimum absolute atomic E-state index is 0.301. The van der Waals surface area contributed by atoms with Gasteiger partial charge in [-0.2, -0.15) is 4.68 Å². The minimum atomic E-state index is -1.01. The number of aromatic nitrogens is 4. The van der Waals surface area contributed by atoms with E-state index in [2.05, 4.69) is 20.2 Å². The summed E-state index contributed by atoms with van der Waals surface area (Å²) in [5, 5.41) is 8.71. The highest BCUT2D eigenvalue weighted by Gasteiger charge is 2.68. The van der Waals surface area contributed by atoms with Crippen molar-refractivity contribution in [2.75, 3.05) is 48.5 Å². The average molecular weight is 712 g/mol. The van der Waals surface area contributed by atoms with Crippen LogP contribution in [0.2, 0.25) is 0 Å². The number of methoxy groups -OCH3 is 1. The third kappa shape index (κ3) is 6.29. The number of anilines is 4. The van der Waals surface area contributed by atoms with Gasteiger partial charge >= 0.3 is 12.2 Å². The molecule has 4 heterocycles. The Morgan fingerprint density at radius 1 is 0.942 bits per heavy atom. The molecule has 2 fully saturated rings. The van der Waals surface area contributed by atoms with Crippen LogP contribution in [0.5, 0.6) is 5.75 Å². The molecule has 14 heteroatoms. The standard InChI is InChI=1S/C38H45N7O7/c1-22-30(39-21-40-32(22)43-14-9-16-50-17-15-43)41-31-25-12-10-23(18-29(25)45(42-31)35(48)52-37(5,6)7)27-20-38(27)26-19-24(49-8)11-13-28(26)44(33(38)46)34(47)51-36(2,3)4/h10-13,18-19,21,27H,9,14-17,20H2,1-8H3,(H,39,40,41,42)/t27-,38-/m0/s1. The maximum atomic E-state index is 14.3. The van der Waals surface area contributed by atoms with E-state index in [1.54, 1.807) is 60.8 Å². The number of hydrogen-bond donors (Lipinski definition) is 1. The van der Waals surface area contributed by atoms with Gasteiger partial charge in [-0.3, -0.25) is 4.79 Å². The number of nitrogens with one attached hydrogen (secondary N) is 1. The fourth-order valence-corrected chi connectivity index (χ4v) is 7.15. The zero-order chi connectivity index (χ0) is 37.2. The molecule has 14 nitrogen and oxygen atoms in total. The van der Waals surface area contributed by atoms with E-state index < -0.39 is 28.8 Å². The SMILES string of the molecule is COc1ccc2c(c1)[C@]1(C[C@H]1c1ccc3c(Nc4ncnc(N5CCCOCC5)c4C)nn(C(=O)OC(C)(C)C)c3c1)C(=O)N2C(=O)OC(C)(C)C. The number of rotatable bonds is 5. The molecule has 2 aromatic heterocycles. The first-order valence-electron chi connectivity index (χ1n) is 17.5. The largest absolute Gasteiger partial charge is 0.497 e. The van der Waals surface area contributed by atoms with Crippen molar-refractivity contribution < 1.29 is 33.3 Å². The molecule has 7 rings (SSSR count). The van der Waals surface area contributed by atoms with Crippen LogP contribution in [0, 0.1) is 6.92 Å². The molecule has 274 valence electrons. The molecule has 3 aliphatic rings. The summed E-state index contributed by atoms with van der Waals surface area (Å²) in [6.07, 6.45) is 1.48. The van der Waals surface area contributed by atoms with Crippen molar-refractivity contribution in [3.8, 4) is 5.75 Å². The summed E-state index contributed by atoms with van der Waals surface area (Å²) in [7, 11) is 1.56. The highest BCUT2D eigenvalue weighted by molar-refractivity contribution is 6.23. The maximum Gasteiger partial charge on any atom is 0.435 e. The predicted molar refractivity (Wildman–Crippen MR) is 195 cm³/mol. The van der Waals surface area contributed by atoms with Gasteiger partial charge in [0, 0.05) is 36.6 Å². The Bertz CT molecular complexity index is 2070. The number of hydrogen-bond acceptors (Lipinski definition) is 12. The minimum Gasteiger partial charge on any atom is -0.497 e. The lowest BCUT2D eigenvalue weighted by Crippen LogP contribution is -2.41. The number of ether oxygens (including phenoxy) is 4. The van der Waals surface area contributed by atoms with Crippen molar-refractivity contribution in [1.29, 1.82) is 0 Å². The van der Waals surface area contributed by atoms with Crippen LogP contribution in [-0.2, 0) is 24.4 Å². The van der Waals surface area contributed by atoms with Crippen molar-refractivity contribution in [3.05, 3.63) is 59.4 Å². The molecule has 2 amide bonds. The topological polar surface area (TPSA) is 150 Å². The van der Waals surface area contributed by atoms with Crippen LogP contribution in [0.4, 0.5) is 32.7 Å². The van der Waals surface area contributed by atoms with E-state index in [-0.39, 0.29) is 11.8 Å². The van der Waals surface area contributed by atoms with Crippen molar-refractivity contribution in [2.24, 2.45) is 0 Å². The lowest BCUT2D eigenvalue weighted by molar-refractivity contribution is -0.120. The number of imide groups is 1. The lowest BCUT2D eigenvalue weighted by Gasteiger charge is -2.24. The van der Waals surface area contributed by atoms with Gasteiger partial charge in [0.1, 0.15) is 34.9 Å². The van der Waals surface area contributed by atoms with E-state index in [0.29, 0.717) is 65.7 Å². The molecule has 52 heavy (non-hydrogen) atoms. The highest BCUT2D eigenvalue weighted by Crippen LogP contribution is 2.67. The molecule has 1 aliphatic carbocycles. The second kappa shape index (κ2) is 12.8. The fourth-order valence-electron chi connectivity index (χ4n) is 7.15. The summed E-state index contributed by atoms with van der Waals surface area (Å²) in [6.45, 7) is 15.5. The van der Waals surface area contributed by atoms with Gasteiger partial charge in [0.25, 0.3) is 0 Å². The zero-order valence-electron chi connectivity index (χ0n) is 30.9. The van der Waals surface area contributed by atoms with Gasteiger partial charge in [0.15, 0.2) is 5.82 Å². The van der Waals surface area contributed by atoms with E-state index >= 15 is 0 Å². The van der Waals surface area contributed by atoms with E-state index in [1.807, 2.05) is 31.2 Å². The lowest BCUT2D eigenvalue weighted by atomic mass is 9.91. The Hall–Kier alpha value is -5.24. The Kier molecular flexibility index (Phi) is 8.63. The van der Waals surface area contributed by atoms with Crippen LogP contribution < -0.4 is 19.9 Å². The molecule has 4 aromatic rings. The van der Waals surface area contributed by atoms with Crippen LogP contribution in [0.1, 0.15) is 77.0 Å². The summed E-state index contributed by atoms with van der Waals surface area (Å²) in [5.74, 6) is 1.69. The van der Waals surface area contributed by atoms with Gasteiger partial charge in [0.2, 0.25) is 5.91 Å². The van der Waals surface area contributed by atoms with Crippen molar-refractivity contribution in [1.82, 2.24) is 19.7 Å². The van der Waals surface area contributed by atoms with Gasteiger partial charge in [-0.15, -0.1) is 5.10 Å². The molecule has 1 saturated heterocycles. The van der Waals surface area contributed by atoms with Crippen molar-refractivity contribution in [2.45, 2.75) is 83.8 Å². The second-order valence-corrected chi connectivity index (χ2v) is 15.5. The summed E-state index contributed by atoms with van der Waals surface area (Å²) in [4.78, 5) is 53.8. The first-order valence-corrected chi connectivity index (χ1v) is 17.5. The maximum absolute atomic E-state index is 14.3. The van der Waals surface area contributed by atoms with E-state index in [0.717, 1.165) is 34.8 Å². The number of amides is 2. The quantitative estimate of drug-likeness (QED) is 0.238. The molecule has 1 spiro atoms. The van der Waals surface area contributed by atoms with E-state index in [1.165, 1.54) is 11.0 Å². The number of benzene rings is 2. The van der Waals surface area contributed by atoms with Gasteiger partial charge < -0.3 is 29.2 Å². The molecule has 2 atom stereocenters. The summed E-state index contributed by atoms with van der Waals surface area (Å²) in [5.41, 5.74) is 0.716. The summed E-state index contributed by atoms with van der Waals surface area (Å²) in [6, 6.07) is 11.0. The molecule has 2 aliphatic heterocycles. The second-order valence-electron chi connectivity index (χ2n) is 15.5. The highest BCUT2D eigenvalue weighted by atomic mass is 16.6. The van der Waals surface area contributed by atoms with Gasteiger partial charge in [-0.05, 0) is 103 Å². The molecule has 2 aromatic carbocycles. The third-order valence-electron chi connectivity index (χ3n) is 9.54. The number of nitrogens with zero attached hydrogens (tertiary/aromatic N) is 6. The van der Waals surface area contributed by atoms with Crippen LogP contribution in [-0.4, -0.2) is 82.5 Å². The number of carbonyl (C=O) groups excluding carboxylic acids is 3.